The van der Waals surface area contributed by atoms with Gasteiger partial charge in [-0.05, 0) is 113 Å². The molecule has 0 aromatic heterocycles. The fourth-order valence-electron chi connectivity index (χ4n) is 6.88. The molecule has 3 aliphatic heterocycles. The highest BCUT2D eigenvalue weighted by molar-refractivity contribution is 9.11. The van der Waals surface area contributed by atoms with Gasteiger partial charge in [-0.3, -0.25) is 14.5 Å². The molecule has 2 aromatic carbocycles. The third-order valence-electron chi connectivity index (χ3n) is 9.45. The number of halogens is 2. The first kappa shape index (κ1) is 34.2. The Balaban J connectivity index is 1.24. The molecule has 3 saturated heterocycles. The van der Waals surface area contributed by atoms with Crippen LogP contribution in [0.3, 0.4) is 0 Å². The van der Waals surface area contributed by atoms with E-state index in [-0.39, 0.29) is 11.9 Å². The second kappa shape index (κ2) is 15.6. The standard InChI is InChI=1S/C33H43Br2N7O4/c34-26-19-22(20-27(35)29(26)36)21-28(31(44)40-15-9-24(10-16-40)39-13-5-2-6-14-39)38-33(46)41-17-11-25(12-18-41)42(32(37)45)30(43)23-7-3-1-4-8-23/h1,3-4,7-8,19-20,24-25,28H,2,5-6,9-18,21,36H2,(H2,37,45)(H,38,46)/t28-/m1/s1. The van der Waals surface area contributed by atoms with Crippen molar-refractivity contribution in [1.82, 2.24) is 24.9 Å². The summed E-state index contributed by atoms with van der Waals surface area (Å²) in [4.78, 5) is 60.3. The predicted molar refractivity (Wildman–Crippen MR) is 184 cm³/mol. The van der Waals surface area contributed by atoms with Crippen molar-refractivity contribution < 1.29 is 19.2 Å². The first-order chi connectivity index (χ1) is 22.1. The number of carbonyl (C=O) groups excluding carboxylic acids is 4. The van der Waals surface area contributed by atoms with Crippen LogP contribution in [0.15, 0.2) is 51.4 Å². The number of likely N-dealkylation sites (tertiary alicyclic amines) is 3. The highest BCUT2D eigenvalue weighted by Gasteiger charge is 2.36. The van der Waals surface area contributed by atoms with Crippen molar-refractivity contribution in [2.75, 3.05) is 45.0 Å². The van der Waals surface area contributed by atoms with Crippen molar-refractivity contribution in [3.8, 4) is 0 Å². The van der Waals surface area contributed by atoms with Gasteiger partial charge in [-0.15, -0.1) is 0 Å². The molecule has 3 aliphatic rings. The zero-order valence-corrected chi connectivity index (χ0v) is 29.2. The van der Waals surface area contributed by atoms with Crippen LogP contribution in [-0.4, -0.2) is 101 Å². The first-order valence-electron chi connectivity index (χ1n) is 16.1. The van der Waals surface area contributed by atoms with E-state index in [0.717, 1.165) is 36.4 Å². The van der Waals surface area contributed by atoms with Crippen LogP contribution in [0, 0.1) is 0 Å². The average molecular weight is 762 g/mol. The van der Waals surface area contributed by atoms with Crippen LogP contribution in [0.4, 0.5) is 15.3 Å². The SMILES string of the molecule is NC(=O)N(C(=O)c1ccccc1)C1CCN(C(=O)N[C@H](Cc2cc(Br)c(N)c(Br)c2)C(=O)N2CCC(N3CCCCC3)CC2)CC1. The number of nitrogens with two attached hydrogens (primary N) is 2. The molecule has 0 aliphatic carbocycles. The zero-order valence-electron chi connectivity index (χ0n) is 26.0. The van der Waals surface area contributed by atoms with Crippen LogP contribution < -0.4 is 16.8 Å². The summed E-state index contributed by atoms with van der Waals surface area (Å²) >= 11 is 7.00. The van der Waals surface area contributed by atoms with Crippen molar-refractivity contribution in [2.45, 2.75) is 69.5 Å². The Bertz CT molecular complexity index is 1380. The van der Waals surface area contributed by atoms with Crippen LogP contribution in [0.5, 0.6) is 0 Å². The molecule has 3 heterocycles. The van der Waals surface area contributed by atoms with E-state index in [2.05, 4.69) is 42.1 Å². The number of hydrogen-bond donors (Lipinski definition) is 3. The minimum atomic E-state index is -0.813. The zero-order chi connectivity index (χ0) is 32.8. The lowest BCUT2D eigenvalue weighted by Gasteiger charge is -2.41. The van der Waals surface area contributed by atoms with E-state index in [0.29, 0.717) is 71.7 Å². The third kappa shape index (κ3) is 8.21. The van der Waals surface area contributed by atoms with Crippen LogP contribution in [0.1, 0.15) is 60.9 Å². The Morgan fingerprint density at radius 2 is 1.43 bits per heavy atom. The summed E-state index contributed by atoms with van der Waals surface area (Å²) in [5, 5.41) is 3.03. The Kier molecular flexibility index (Phi) is 11.6. The quantitative estimate of drug-likeness (QED) is 0.353. The van der Waals surface area contributed by atoms with Gasteiger partial charge in [-0.1, -0.05) is 24.6 Å². The van der Waals surface area contributed by atoms with Crippen molar-refractivity contribution in [3.63, 3.8) is 0 Å². The summed E-state index contributed by atoms with van der Waals surface area (Å²) in [5.74, 6) is -0.552. The number of carbonyl (C=O) groups is 4. The molecule has 0 unspecified atom stereocenters. The van der Waals surface area contributed by atoms with Crippen LogP contribution in [0.2, 0.25) is 0 Å². The molecule has 13 heteroatoms. The van der Waals surface area contributed by atoms with E-state index < -0.39 is 24.0 Å². The third-order valence-corrected chi connectivity index (χ3v) is 10.8. The Morgan fingerprint density at radius 3 is 2.02 bits per heavy atom. The molecule has 0 spiro atoms. The Morgan fingerprint density at radius 1 is 0.848 bits per heavy atom. The summed E-state index contributed by atoms with van der Waals surface area (Å²) in [5.41, 5.74) is 13.5. The number of rotatable bonds is 7. The molecule has 46 heavy (non-hydrogen) atoms. The molecule has 11 nitrogen and oxygen atoms in total. The fourth-order valence-corrected chi connectivity index (χ4v) is 8.16. The number of hydrogen-bond acceptors (Lipinski definition) is 6. The van der Waals surface area contributed by atoms with Crippen LogP contribution >= 0.6 is 31.9 Å². The van der Waals surface area contributed by atoms with Gasteiger partial charge in [0, 0.05) is 59.2 Å². The number of primary amides is 1. The van der Waals surface area contributed by atoms with Gasteiger partial charge >= 0.3 is 12.1 Å². The van der Waals surface area contributed by atoms with Crippen LogP contribution in [-0.2, 0) is 11.2 Å². The van der Waals surface area contributed by atoms with Gasteiger partial charge in [0.15, 0.2) is 0 Å². The minimum absolute atomic E-state index is 0.0993. The number of nitrogen functional groups attached to an aromatic ring is 1. The van der Waals surface area contributed by atoms with E-state index in [4.69, 9.17) is 11.5 Å². The monoisotopic (exact) mass is 759 g/mol. The lowest BCUT2D eigenvalue weighted by molar-refractivity contribution is -0.135. The van der Waals surface area contributed by atoms with Crippen molar-refractivity contribution in [2.24, 2.45) is 5.73 Å². The fraction of sp³-hybridized carbons (Fsp3) is 0.515. The second-order valence-electron chi connectivity index (χ2n) is 12.4. The van der Waals surface area contributed by atoms with Gasteiger partial charge in [0.1, 0.15) is 6.04 Å². The van der Waals surface area contributed by atoms with E-state index in [1.165, 1.54) is 19.3 Å². The topological polar surface area (TPSA) is 145 Å². The maximum Gasteiger partial charge on any atom is 0.322 e. The number of amides is 6. The molecule has 0 bridgehead atoms. The molecule has 6 amide bonds. The Hall–Kier alpha value is -3.16. The molecule has 1 atom stereocenters. The molecule has 0 radical (unpaired) electrons. The molecule has 3 fully saturated rings. The summed E-state index contributed by atoms with van der Waals surface area (Å²) in [6.07, 6.45) is 6.69. The van der Waals surface area contributed by atoms with Gasteiger partial charge in [-0.2, -0.15) is 0 Å². The average Bonchev–Trinajstić information content (AvgIpc) is 3.07. The smallest absolute Gasteiger partial charge is 0.322 e. The van der Waals surface area contributed by atoms with Gasteiger partial charge in [0.25, 0.3) is 5.91 Å². The number of anilines is 1. The highest BCUT2D eigenvalue weighted by atomic mass is 79.9. The Labute approximate surface area is 287 Å². The second-order valence-corrected chi connectivity index (χ2v) is 14.1. The summed E-state index contributed by atoms with van der Waals surface area (Å²) in [6, 6.07) is 10.4. The number of benzene rings is 2. The van der Waals surface area contributed by atoms with Gasteiger partial charge in [0.2, 0.25) is 5.91 Å². The molecule has 0 saturated carbocycles. The molecule has 2 aromatic rings. The largest absolute Gasteiger partial charge is 0.397 e. The van der Waals surface area contributed by atoms with Gasteiger partial charge in [0.05, 0.1) is 5.69 Å². The summed E-state index contributed by atoms with van der Waals surface area (Å²) < 4.78 is 1.42. The number of imide groups is 1. The van der Waals surface area contributed by atoms with Crippen LogP contribution in [0.25, 0.3) is 0 Å². The lowest BCUT2D eigenvalue weighted by Crippen LogP contribution is -2.58. The van der Waals surface area contributed by atoms with Crippen molar-refractivity contribution >= 4 is 61.4 Å². The molecular formula is C33H43Br2N7O4. The van der Waals surface area contributed by atoms with Crippen molar-refractivity contribution in [1.29, 1.82) is 0 Å². The summed E-state index contributed by atoms with van der Waals surface area (Å²) in [7, 11) is 0. The minimum Gasteiger partial charge on any atom is -0.397 e. The maximum absolute atomic E-state index is 14.0. The predicted octanol–water partition coefficient (Wildman–Crippen LogP) is 4.58. The number of urea groups is 2. The molecule has 5 N–H and O–H groups in total. The first-order valence-corrected chi connectivity index (χ1v) is 17.7. The normalized spacial score (nSPS) is 19.0. The van der Waals surface area contributed by atoms with E-state index >= 15 is 0 Å². The lowest BCUT2D eigenvalue weighted by atomic mass is 9.98. The van der Waals surface area contributed by atoms with E-state index in [9.17, 15) is 19.2 Å². The maximum atomic E-state index is 14.0. The van der Waals surface area contributed by atoms with E-state index in [1.54, 1.807) is 35.2 Å². The number of nitrogens with zero attached hydrogens (tertiary/aromatic N) is 4. The van der Waals surface area contributed by atoms with Crippen molar-refractivity contribution in [3.05, 3.63) is 62.5 Å². The summed E-state index contributed by atoms with van der Waals surface area (Å²) in [6.45, 7) is 4.20. The van der Waals surface area contributed by atoms with Gasteiger partial charge < -0.3 is 31.5 Å². The number of nitrogens with one attached hydrogen (secondary N) is 1. The molecule has 248 valence electrons. The van der Waals surface area contributed by atoms with Gasteiger partial charge in [-0.25, -0.2) is 9.59 Å². The molecular weight excluding hydrogens is 718 g/mol. The van der Waals surface area contributed by atoms with E-state index in [1.807, 2.05) is 17.0 Å². The number of piperidine rings is 3. The highest BCUT2D eigenvalue weighted by Crippen LogP contribution is 2.30. The molecule has 5 rings (SSSR count).